The summed E-state index contributed by atoms with van der Waals surface area (Å²) in [5.41, 5.74) is 0. The minimum atomic E-state index is -3.00. The van der Waals surface area contributed by atoms with Crippen LogP contribution in [0.3, 0.4) is 0 Å². The smallest absolute Gasteiger partial charge is 0.153 e. The van der Waals surface area contributed by atoms with Crippen LogP contribution in [-0.2, 0) is 9.84 Å². The molecule has 3 nitrogen and oxygen atoms in total. The Morgan fingerprint density at radius 2 is 1.79 bits per heavy atom. The molecule has 1 rings (SSSR count). The molecule has 0 aliphatic heterocycles. The molecule has 0 saturated heterocycles. The van der Waals surface area contributed by atoms with Gasteiger partial charge in [0.25, 0.3) is 0 Å². The Labute approximate surface area is 119 Å². The molecule has 1 N–H and O–H groups in total. The molecule has 0 bridgehead atoms. The fourth-order valence-electron chi connectivity index (χ4n) is 2.72. The molecule has 0 heterocycles. The number of hydrogen-bond acceptors (Lipinski definition) is 3. The second-order valence-electron chi connectivity index (χ2n) is 7.12. The maximum absolute atomic E-state index is 11.7. The van der Waals surface area contributed by atoms with Crippen molar-refractivity contribution in [3.63, 3.8) is 0 Å². The van der Waals surface area contributed by atoms with E-state index < -0.39 is 14.6 Å². The molecule has 1 saturated carbocycles. The van der Waals surface area contributed by atoms with Crippen molar-refractivity contribution >= 4 is 9.84 Å². The summed E-state index contributed by atoms with van der Waals surface area (Å²) >= 11 is 0. The van der Waals surface area contributed by atoms with E-state index in [0.29, 0.717) is 12.6 Å². The molecule has 0 spiro atoms. The van der Waals surface area contributed by atoms with Crippen LogP contribution in [0.2, 0.25) is 0 Å². The van der Waals surface area contributed by atoms with Crippen LogP contribution in [0.25, 0.3) is 0 Å². The zero-order valence-corrected chi connectivity index (χ0v) is 14.0. The van der Waals surface area contributed by atoms with E-state index >= 15 is 0 Å². The van der Waals surface area contributed by atoms with E-state index in [1.807, 2.05) is 13.8 Å². The van der Waals surface area contributed by atoms with Gasteiger partial charge in [0.05, 0.1) is 4.75 Å². The molecule has 2 unspecified atom stereocenters. The van der Waals surface area contributed by atoms with Gasteiger partial charge in [0.15, 0.2) is 9.84 Å². The van der Waals surface area contributed by atoms with Crippen LogP contribution in [0.5, 0.6) is 0 Å². The van der Waals surface area contributed by atoms with Gasteiger partial charge in [-0.1, -0.05) is 26.7 Å². The molecule has 0 aromatic carbocycles. The monoisotopic (exact) mass is 289 g/mol. The molecule has 0 amide bonds. The van der Waals surface area contributed by atoms with Crippen LogP contribution < -0.4 is 5.32 Å². The minimum Gasteiger partial charge on any atom is -0.312 e. The molecule has 1 aliphatic rings. The highest BCUT2D eigenvalue weighted by Gasteiger charge is 2.31. The lowest BCUT2D eigenvalue weighted by molar-refractivity contribution is 0.337. The molecular weight excluding hydrogens is 258 g/mol. The third kappa shape index (κ3) is 5.07. The van der Waals surface area contributed by atoms with Crippen LogP contribution in [0.4, 0.5) is 0 Å². The Kier molecular flexibility index (Phi) is 5.87. The van der Waals surface area contributed by atoms with Gasteiger partial charge in [-0.25, -0.2) is 8.42 Å². The van der Waals surface area contributed by atoms with E-state index in [9.17, 15) is 8.42 Å². The zero-order valence-electron chi connectivity index (χ0n) is 13.2. The number of nitrogens with one attached hydrogen (secondary N) is 1. The molecule has 0 aromatic rings. The number of hydrogen-bond donors (Lipinski definition) is 1. The van der Waals surface area contributed by atoms with Crippen LogP contribution in [-0.4, -0.2) is 32.0 Å². The van der Waals surface area contributed by atoms with Crippen molar-refractivity contribution in [3.8, 4) is 0 Å². The topological polar surface area (TPSA) is 46.2 Å². The largest absolute Gasteiger partial charge is 0.312 e. The van der Waals surface area contributed by atoms with Crippen LogP contribution in [0.1, 0.15) is 59.8 Å². The quantitative estimate of drug-likeness (QED) is 0.791. The Morgan fingerprint density at radius 1 is 1.16 bits per heavy atom. The first-order chi connectivity index (χ1) is 8.63. The molecular formula is C15H31NO2S. The maximum atomic E-state index is 11.7. The molecule has 1 fully saturated rings. The zero-order chi connectivity index (χ0) is 14.7. The number of sulfone groups is 1. The second-order valence-corrected chi connectivity index (χ2v) is 9.77. The highest BCUT2D eigenvalue weighted by Crippen LogP contribution is 2.29. The summed E-state index contributed by atoms with van der Waals surface area (Å²) in [6.07, 6.45) is 7.56. The standard InChI is InChI=1S/C15H31NO2S/c1-12(2)13-7-6-8-14(10-9-13)16-11-15(3,4)19(5,17)18/h12-14,16H,6-11H2,1-5H3. The van der Waals surface area contributed by atoms with Gasteiger partial charge in [0.1, 0.15) is 0 Å². The molecule has 2 atom stereocenters. The van der Waals surface area contributed by atoms with E-state index in [1.54, 1.807) is 0 Å². The Morgan fingerprint density at radius 3 is 2.32 bits per heavy atom. The SMILES string of the molecule is CC(C)C1CCCC(NCC(C)(C)S(C)(=O)=O)CC1. The van der Waals surface area contributed by atoms with Crippen molar-refractivity contribution in [2.45, 2.75) is 70.6 Å². The summed E-state index contributed by atoms with van der Waals surface area (Å²) in [7, 11) is -3.00. The first-order valence-corrected chi connectivity index (χ1v) is 9.45. The lowest BCUT2D eigenvalue weighted by atomic mass is 9.89. The van der Waals surface area contributed by atoms with Gasteiger partial charge >= 0.3 is 0 Å². The van der Waals surface area contributed by atoms with Gasteiger partial charge in [-0.2, -0.15) is 0 Å². The average molecular weight is 289 g/mol. The summed E-state index contributed by atoms with van der Waals surface area (Å²) in [5, 5.41) is 3.49. The summed E-state index contributed by atoms with van der Waals surface area (Å²) in [6.45, 7) is 8.80. The molecule has 114 valence electrons. The van der Waals surface area contributed by atoms with Gasteiger partial charge in [-0.15, -0.1) is 0 Å². The van der Waals surface area contributed by atoms with E-state index in [-0.39, 0.29) is 0 Å². The van der Waals surface area contributed by atoms with Crippen LogP contribution >= 0.6 is 0 Å². The average Bonchev–Trinajstić information content (AvgIpc) is 2.50. The van der Waals surface area contributed by atoms with Gasteiger partial charge < -0.3 is 5.32 Å². The predicted molar refractivity (Wildman–Crippen MR) is 82.1 cm³/mol. The van der Waals surface area contributed by atoms with E-state index in [4.69, 9.17) is 0 Å². The maximum Gasteiger partial charge on any atom is 0.153 e. The first-order valence-electron chi connectivity index (χ1n) is 7.56. The molecule has 19 heavy (non-hydrogen) atoms. The van der Waals surface area contributed by atoms with Crippen LogP contribution in [0.15, 0.2) is 0 Å². The van der Waals surface area contributed by atoms with Gasteiger partial charge in [-0.05, 0) is 44.9 Å². The minimum absolute atomic E-state index is 0.491. The summed E-state index contributed by atoms with van der Waals surface area (Å²) in [6, 6.07) is 0.491. The highest BCUT2D eigenvalue weighted by molar-refractivity contribution is 7.92. The number of rotatable bonds is 5. The van der Waals surface area contributed by atoms with Crippen molar-refractivity contribution < 1.29 is 8.42 Å². The highest BCUT2D eigenvalue weighted by atomic mass is 32.2. The fourth-order valence-corrected chi connectivity index (χ4v) is 3.07. The van der Waals surface area contributed by atoms with Crippen molar-refractivity contribution in [2.24, 2.45) is 11.8 Å². The third-order valence-electron chi connectivity index (χ3n) is 4.78. The second kappa shape index (κ2) is 6.57. The van der Waals surface area contributed by atoms with Crippen molar-refractivity contribution in [1.82, 2.24) is 5.32 Å². The lowest BCUT2D eigenvalue weighted by Crippen LogP contribution is -2.45. The van der Waals surface area contributed by atoms with Crippen molar-refractivity contribution in [3.05, 3.63) is 0 Å². The third-order valence-corrected chi connectivity index (χ3v) is 6.93. The van der Waals surface area contributed by atoms with Crippen molar-refractivity contribution in [2.75, 3.05) is 12.8 Å². The normalized spacial score (nSPS) is 26.4. The Hall–Kier alpha value is -0.0900. The van der Waals surface area contributed by atoms with Crippen LogP contribution in [0, 0.1) is 11.8 Å². The molecule has 0 radical (unpaired) electrons. The van der Waals surface area contributed by atoms with E-state index in [0.717, 1.165) is 11.8 Å². The van der Waals surface area contributed by atoms with Crippen molar-refractivity contribution in [1.29, 1.82) is 0 Å². The van der Waals surface area contributed by atoms with E-state index in [1.165, 1.54) is 38.4 Å². The molecule has 0 aromatic heterocycles. The van der Waals surface area contributed by atoms with Gasteiger partial charge in [0, 0.05) is 18.8 Å². The Bertz CT molecular complexity index is 374. The van der Waals surface area contributed by atoms with Gasteiger partial charge in [0.2, 0.25) is 0 Å². The first kappa shape index (κ1) is 17.0. The Balaban J connectivity index is 2.47. The predicted octanol–water partition coefficient (Wildman–Crippen LogP) is 3.00. The summed E-state index contributed by atoms with van der Waals surface area (Å²) in [5.74, 6) is 1.61. The fraction of sp³-hybridized carbons (Fsp3) is 1.00. The summed E-state index contributed by atoms with van der Waals surface area (Å²) < 4.78 is 22.7. The molecule has 1 aliphatic carbocycles. The van der Waals surface area contributed by atoms with Gasteiger partial charge in [-0.3, -0.25) is 0 Å². The van der Waals surface area contributed by atoms with E-state index in [2.05, 4.69) is 19.2 Å². The summed E-state index contributed by atoms with van der Waals surface area (Å²) in [4.78, 5) is 0. The lowest BCUT2D eigenvalue weighted by Gasteiger charge is -2.26. The molecule has 4 heteroatoms.